The minimum atomic E-state index is -3.88. The average molecular weight is 406 g/mol. The Kier molecular flexibility index (Phi) is 4.92. The zero-order valence-corrected chi connectivity index (χ0v) is 16.9. The van der Waals surface area contributed by atoms with Crippen LogP contribution < -0.4 is 15.8 Å². The van der Waals surface area contributed by atoms with Crippen molar-refractivity contribution < 1.29 is 8.42 Å². The van der Waals surface area contributed by atoms with Gasteiger partial charge in [-0.25, -0.2) is 8.42 Å². The fraction of sp³-hybridized carbons (Fsp3) is 0.222. The first-order valence-corrected chi connectivity index (χ1v) is 10.7. The van der Waals surface area contributed by atoms with E-state index in [9.17, 15) is 18.0 Å². The summed E-state index contributed by atoms with van der Waals surface area (Å²) in [6.45, 7) is 1.65. The topological polar surface area (TPSA) is 90.2 Å². The van der Waals surface area contributed by atoms with Crippen LogP contribution in [0.5, 0.6) is 0 Å². The third-order valence-corrected chi connectivity index (χ3v) is 6.65. The van der Waals surface area contributed by atoms with Crippen LogP contribution in [-0.4, -0.2) is 23.8 Å². The lowest BCUT2D eigenvalue weighted by Crippen LogP contribution is -2.39. The molecule has 0 aliphatic carbocycles. The second-order valence-corrected chi connectivity index (χ2v) is 8.70. The Hall–Kier alpha value is -2.52. The van der Waals surface area contributed by atoms with Crippen LogP contribution in [0.1, 0.15) is 5.56 Å². The molecule has 0 fully saturated rings. The van der Waals surface area contributed by atoms with E-state index >= 15 is 0 Å². The Balaban J connectivity index is 2.19. The van der Waals surface area contributed by atoms with E-state index in [1.54, 1.807) is 31.2 Å². The maximum absolute atomic E-state index is 12.9. The Bertz CT molecular complexity index is 1270. The van der Waals surface area contributed by atoms with E-state index in [0.717, 1.165) is 4.90 Å². The predicted octanol–water partition coefficient (Wildman–Crippen LogP) is 2.07. The first kappa shape index (κ1) is 19.2. The largest absolute Gasteiger partial charge is 0.316 e. The summed E-state index contributed by atoms with van der Waals surface area (Å²) < 4.78 is 30.9. The van der Waals surface area contributed by atoms with Gasteiger partial charge in [0.15, 0.2) is 0 Å². The van der Waals surface area contributed by atoms with Gasteiger partial charge in [0.2, 0.25) is 0 Å². The molecule has 0 saturated carbocycles. The van der Waals surface area contributed by atoms with Crippen molar-refractivity contribution in [2.75, 3.05) is 11.0 Å². The van der Waals surface area contributed by atoms with Crippen LogP contribution in [0.15, 0.2) is 55.8 Å². The molecule has 0 aliphatic rings. The molecule has 142 valence electrons. The first-order chi connectivity index (χ1) is 12.7. The van der Waals surface area contributed by atoms with E-state index in [4.69, 9.17) is 0 Å². The first-order valence-electron chi connectivity index (χ1n) is 8.03. The van der Waals surface area contributed by atoms with E-state index in [1.807, 2.05) is 12.3 Å². The highest BCUT2D eigenvalue weighted by molar-refractivity contribution is 7.98. The van der Waals surface area contributed by atoms with Gasteiger partial charge in [-0.15, -0.1) is 11.8 Å². The van der Waals surface area contributed by atoms with Gasteiger partial charge < -0.3 is 9.13 Å². The number of anilines is 1. The molecule has 0 spiro atoms. The van der Waals surface area contributed by atoms with Crippen LogP contribution in [0.2, 0.25) is 0 Å². The lowest BCUT2D eigenvalue weighted by molar-refractivity contribution is 0.600. The summed E-state index contributed by atoms with van der Waals surface area (Å²) in [6, 6.07) is 10.1. The van der Waals surface area contributed by atoms with Crippen molar-refractivity contribution in [3.63, 3.8) is 0 Å². The third-order valence-electron chi connectivity index (χ3n) is 4.40. The minimum Gasteiger partial charge on any atom is -0.305 e. The van der Waals surface area contributed by atoms with Crippen LogP contribution >= 0.6 is 11.8 Å². The smallest absolute Gasteiger partial charge is 0.305 e. The normalized spacial score (nSPS) is 11.7. The van der Waals surface area contributed by atoms with Crippen LogP contribution in [0.3, 0.4) is 0 Å². The number of rotatable bonds is 4. The van der Waals surface area contributed by atoms with Gasteiger partial charge in [-0.05, 0) is 49.1 Å². The summed E-state index contributed by atoms with van der Waals surface area (Å²) in [5.41, 5.74) is 0.416. The summed E-state index contributed by atoms with van der Waals surface area (Å²) >= 11 is 1.51. The maximum atomic E-state index is 12.9. The molecule has 1 heterocycles. The highest BCUT2D eigenvalue weighted by atomic mass is 32.2. The number of aryl methyl sites for hydroxylation is 3. The second-order valence-electron chi connectivity index (χ2n) is 6.17. The lowest BCUT2D eigenvalue weighted by Gasteiger charge is -2.15. The zero-order chi connectivity index (χ0) is 19.9. The van der Waals surface area contributed by atoms with Gasteiger partial charge in [0.05, 0.1) is 15.9 Å². The quantitative estimate of drug-likeness (QED) is 0.530. The van der Waals surface area contributed by atoms with E-state index in [1.165, 1.54) is 41.1 Å². The van der Waals surface area contributed by atoms with Crippen LogP contribution in [0.4, 0.5) is 5.69 Å². The van der Waals surface area contributed by atoms with Gasteiger partial charge in [-0.3, -0.25) is 14.3 Å². The van der Waals surface area contributed by atoms with Crippen molar-refractivity contribution in [2.24, 2.45) is 14.1 Å². The van der Waals surface area contributed by atoms with Gasteiger partial charge in [0.25, 0.3) is 10.0 Å². The molecular weight excluding hydrogens is 386 g/mol. The van der Waals surface area contributed by atoms with Crippen molar-refractivity contribution in [2.45, 2.75) is 16.7 Å². The van der Waals surface area contributed by atoms with E-state index in [-0.39, 0.29) is 4.90 Å². The molecule has 7 nitrogen and oxygen atoms in total. The SMILES string of the molecule is CSc1cccc(NS(=O)(=O)c2cc3c(cc2C)n(C)c(=O)c(=O)n3C)c1. The fourth-order valence-electron chi connectivity index (χ4n) is 2.89. The molecule has 0 aliphatic heterocycles. The Morgan fingerprint density at radius 2 is 1.56 bits per heavy atom. The average Bonchev–Trinajstić information content (AvgIpc) is 2.64. The number of fused-ring (bicyclic) bond motifs is 1. The Morgan fingerprint density at radius 3 is 2.15 bits per heavy atom. The molecule has 0 unspecified atom stereocenters. The molecule has 1 aromatic heterocycles. The third kappa shape index (κ3) is 3.40. The summed E-state index contributed by atoms with van der Waals surface area (Å²) in [7, 11) is -0.932. The van der Waals surface area contributed by atoms with Gasteiger partial charge >= 0.3 is 11.1 Å². The molecule has 0 radical (unpaired) electrons. The molecule has 3 rings (SSSR count). The van der Waals surface area contributed by atoms with Gasteiger partial charge in [0, 0.05) is 24.7 Å². The van der Waals surface area contributed by atoms with Gasteiger partial charge in [-0.2, -0.15) is 0 Å². The number of benzene rings is 2. The molecule has 9 heteroatoms. The van der Waals surface area contributed by atoms with Crippen molar-refractivity contribution in [3.8, 4) is 0 Å². The van der Waals surface area contributed by atoms with Crippen molar-refractivity contribution in [1.82, 2.24) is 9.13 Å². The Morgan fingerprint density at radius 1 is 0.963 bits per heavy atom. The standard InChI is InChI=1S/C18H19N3O4S2/c1-11-8-14-15(21(3)18(23)17(22)20(14)2)10-16(11)27(24,25)19-12-6-5-7-13(9-12)26-4/h5-10,19H,1-4H3. The van der Waals surface area contributed by atoms with Crippen LogP contribution in [0, 0.1) is 6.92 Å². The van der Waals surface area contributed by atoms with E-state index in [0.29, 0.717) is 22.3 Å². The summed E-state index contributed by atoms with van der Waals surface area (Å²) in [6.07, 6.45) is 1.91. The van der Waals surface area contributed by atoms with Crippen molar-refractivity contribution in [3.05, 3.63) is 62.7 Å². The fourth-order valence-corrected chi connectivity index (χ4v) is 4.65. The van der Waals surface area contributed by atoms with Crippen LogP contribution in [0.25, 0.3) is 11.0 Å². The summed E-state index contributed by atoms with van der Waals surface area (Å²) in [5, 5.41) is 0. The molecular formula is C18H19N3O4S2. The predicted molar refractivity (Wildman–Crippen MR) is 108 cm³/mol. The van der Waals surface area contributed by atoms with E-state index < -0.39 is 21.1 Å². The van der Waals surface area contributed by atoms with Gasteiger partial charge in [0.1, 0.15) is 0 Å². The minimum absolute atomic E-state index is 0.0539. The number of hydrogen-bond acceptors (Lipinski definition) is 5. The molecule has 27 heavy (non-hydrogen) atoms. The number of hydrogen-bond donors (Lipinski definition) is 1. The molecule has 0 amide bonds. The van der Waals surface area contributed by atoms with Gasteiger partial charge in [-0.1, -0.05) is 6.07 Å². The molecule has 0 bridgehead atoms. The number of nitrogens with one attached hydrogen (secondary N) is 1. The molecule has 2 aromatic carbocycles. The monoisotopic (exact) mass is 405 g/mol. The maximum Gasteiger partial charge on any atom is 0.316 e. The highest BCUT2D eigenvalue weighted by Gasteiger charge is 2.20. The van der Waals surface area contributed by atoms with Crippen LogP contribution in [-0.2, 0) is 24.1 Å². The summed E-state index contributed by atoms with van der Waals surface area (Å²) in [5.74, 6) is 0. The zero-order valence-electron chi connectivity index (χ0n) is 15.3. The number of sulfonamides is 1. The lowest BCUT2D eigenvalue weighted by atomic mass is 10.2. The molecule has 1 N–H and O–H groups in total. The number of thioether (sulfide) groups is 1. The Labute approximate surface area is 160 Å². The van der Waals surface area contributed by atoms with Crippen molar-refractivity contribution >= 4 is 38.5 Å². The number of aromatic nitrogens is 2. The molecule has 3 aromatic rings. The highest BCUT2D eigenvalue weighted by Crippen LogP contribution is 2.25. The summed E-state index contributed by atoms with van der Waals surface area (Å²) in [4.78, 5) is 25.1. The molecule has 0 atom stereocenters. The van der Waals surface area contributed by atoms with Crippen molar-refractivity contribution in [1.29, 1.82) is 0 Å². The molecule has 0 saturated heterocycles. The second kappa shape index (κ2) is 6.90. The number of nitrogens with zero attached hydrogens (tertiary/aromatic N) is 2. The van der Waals surface area contributed by atoms with E-state index in [2.05, 4.69) is 4.72 Å².